The van der Waals surface area contributed by atoms with Gasteiger partial charge >= 0.3 is 0 Å². The molecule has 1 saturated heterocycles. The molecule has 5 heteroatoms. The highest BCUT2D eigenvalue weighted by atomic mass is 16.3. The van der Waals surface area contributed by atoms with E-state index in [9.17, 15) is 5.11 Å². The SMILES string of the molecule is Cc1cc(N)nc(CN2CCCC(C)(O)CC2)n1. The Labute approximate surface area is 108 Å². The van der Waals surface area contributed by atoms with Crippen LogP contribution in [0.1, 0.15) is 37.7 Å². The minimum atomic E-state index is -0.527. The molecule has 1 unspecified atom stereocenters. The van der Waals surface area contributed by atoms with Gasteiger partial charge in [-0.15, -0.1) is 0 Å². The van der Waals surface area contributed by atoms with Crippen LogP contribution in [0.15, 0.2) is 6.07 Å². The summed E-state index contributed by atoms with van der Waals surface area (Å²) in [5, 5.41) is 10.0. The molecule has 0 bridgehead atoms. The van der Waals surface area contributed by atoms with Crippen molar-refractivity contribution < 1.29 is 5.11 Å². The third-order valence-corrected chi connectivity index (χ3v) is 3.44. The van der Waals surface area contributed by atoms with Crippen LogP contribution in [0.3, 0.4) is 0 Å². The third-order valence-electron chi connectivity index (χ3n) is 3.44. The van der Waals surface area contributed by atoms with E-state index in [2.05, 4.69) is 14.9 Å². The van der Waals surface area contributed by atoms with Crippen LogP contribution < -0.4 is 5.73 Å². The maximum absolute atomic E-state index is 10.0. The van der Waals surface area contributed by atoms with Crippen molar-refractivity contribution in [1.82, 2.24) is 14.9 Å². The number of nitrogen functional groups attached to an aromatic ring is 1. The predicted molar refractivity (Wildman–Crippen MR) is 70.9 cm³/mol. The second kappa shape index (κ2) is 5.20. The van der Waals surface area contributed by atoms with E-state index in [0.717, 1.165) is 43.9 Å². The number of aryl methyl sites for hydroxylation is 1. The van der Waals surface area contributed by atoms with Gasteiger partial charge in [-0.2, -0.15) is 0 Å². The molecule has 0 saturated carbocycles. The van der Waals surface area contributed by atoms with E-state index in [-0.39, 0.29) is 0 Å². The fraction of sp³-hybridized carbons (Fsp3) is 0.692. The molecule has 1 fully saturated rings. The number of anilines is 1. The molecule has 0 radical (unpaired) electrons. The van der Waals surface area contributed by atoms with E-state index in [1.807, 2.05) is 13.8 Å². The first-order chi connectivity index (χ1) is 8.44. The number of rotatable bonds is 2. The number of aromatic nitrogens is 2. The number of nitrogens with two attached hydrogens (primary N) is 1. The van der Waals surface area contributed by atoms with Gasteiger partial charge in [-0.25, -0.2) is 9.97 Å². The van der Waals surface area contributed by atoms with Crippen LogP contribution >= 0.6 is 0 Å². The van der Waals surface area contributed by atoms with E-state index in [1.54, 1.807) is 6.07 Å². The summed E-state index contributed by atoms with van der Waals surface area (Å²) >= 11 is 0. The molecular formula is C13H22N4O. The van der Waals surface area contributed by atoms with E-state index in [1.165, 1.54) is 0 Å². The Bertz CT molecular complexity index is 399. The normalized spacial score (nSPS) is 25.9. The van der Waals surface area contributed by atoms with E-state index in [0.29, 0.717) is 12.4 Å². The van der Waals surface area contributed by atoms with Crippen molar-refractivity contribution in [3.8, 4) is 0 Å². The Hall–Kier alpha value is -1.20. The van der Waals surface area contributed by atoms with E-state index < -0.39 is 5.60 Å². The lowest BCUT2D eigenvalue weighted by molar-refractivity contribution is 0.0443. The summed E-state index contributed by atoms with van der Waals surface area (Å²) in [4.78, 5) is 10.9. The molecule has 0 spiro atoms. The van der Waals surface area contributed by atoms with Gasteiger partial charge in [-0.3, -0.25) is 4.90 Å². The summed E-state index contributed by atoms with van der Waals surface area (Å²) in [6.45, 7) is 6.41. The van der Waals surface area contributed by atoms with Gasteiger partial charge in [0.1, 0.15) is 11.6 Å². The Morgan fingerprint density at radius 1 is 1.39 bits per heavy atom. The Balaban J connectivity index is 2.00. The predicted octanol–water partition coefficient (Wildman–Crippen LogP) is 1.10. The topological polar surface area (TPSA) is 75.3 Å². The zero-order valence-corrected chi connectivity index (χ0v) is 11.2. The lowest BCUT2D eigenvalue weighted by atomic mass is 9.98. The van der Waals surface area contributed by atoms with E-state index >= 15 is 0 Å². The molecule has 100 valence electrons. The van der Waals surface area contributed by atoms with Crippen LogP contribution in [0.4, 0.5) is 5.82 Å². The Kier molecular flexibility index (Phi) is 3.82. The summed E-state index contributed by atoms with van der Waals surface area (Å²) in [5.41, 5.74) is 6.10. The average molecular weight is 250 g/mol. The molecule has 0 amide bonds. The summed E-state index contributed by atoms with van der Waals surface area (Å²) < 4.78 is 0. The van der Waals surface area contributed by atoms with Crippen molar-refractivity contribution in [2.45, 2.75) is 45.3 Å². The highest BCUT2D eigenvalue weighted by Crippen LogP contribution is 2.22. The van der Waals surface area contributed by atoms with Gasteiger partial charge in [-0.05, 0) is 39.7 Å². The zero-order valence-electron chi connectivity index (χ0n) is 11.2. The summed E-state index contributed by atoms with van der Waals surface area (Å²) in [5.74, 6) is 1.30. The average Bonchev–Trinajstić information content (AvgIpc) is 2.39. The number of nitrogens with zero attached hydrogens (tertiary/aromatic N) is 3. The van der Waals surface area contributed by atoms with Gasteiger partial charge in [0, 0.05) is 18.3 Å². The molecule has 2 heterocycles. The number of hydrogen-bond acceptors (Lipinski definition) is 5. The number of aliphatic hydroxyl groups is 1. The van der Waals surface area contributed by atoms with Crippen molar-refractivity contribution in [1.29, 1.82) is 0 Å². The van der Waals surface area contributed by atoms with Gasteiger partial charge in [0.25, 0.3) is 0 Å². The first kappa shape index (κ1) is 13.2. The van der Waals surface area contributed by atoms with Gasteiger partial charge in [0.05, 0.1) is 12.1 Å². The maximum Gasteiger partial charge on any atom is 0.144 e. The highest BCUT2D eigenvalue weighted by Gasteiger charge is 2.25. The summed E-state index contributed by atoms with van der Waals surface area (Å²) in [7, 11) is 0. The van der Waals surface area contributed by atoms with E-state index in [4.69, 9.17) is 5.73 Å². The first-order valence-electron chi connectivity index (χ1n) is 6.49. The van der Waals surface area contributed by atoms with Gasteiger partial charge in [-0.1, -0.05) is 0 Å². The minimum Gasteiger partial charge on any atom is -0.390 e. The second-order valence-corrected chi connectivity index (χ2v) is 5.48. The molecule has 1 aliphatic rings. The zero-order chi connectivity index (χ0) is 13.2. The standard InChI is InChI=1S/C13H22N4O/c1-10-8-11(14)16-12(15-10)9-17-6-3-4-13(2,18)5-7-17/h8,18H,3-7,9H2,1-2H3,(H2,14,15,16). The molecule has 1 aromatic rings. The van der Waals surface area contributed by atoms with Crippen LogP contribution in [0.5, 0.6) is 0 Å². The molecule has 1 atom stereocenters. The third kappa shape index (κ3) is 3.65. The van der Waals surface area contributed by atoms with Crippen molar-refractivity contribution in [3.63, 3.8) is 0 Å². The van der Waals surface area contributed by atoms with Crippen molar-refractivity contribution in [3.05, 3.63) is 17.6 Å². The number of likely N-dealkylation sites (tertiary alicyclic amines) is 1. The van der Waals surface area contributed by atoms with Crippen LogP contribution in [-0.2, 0) is 6.54 Å². The minimum absolute atomic E-state index is 0.527. The van der Waals surface area contributed by atoms with Gasteiger partial charge in [0.2, 0.25) is 0 Å². The molecule has 0 aliphatic carbocycles. The van der Waals surface area contributed by atoms with Crippen LogP contribution in [0.25, 0.3) is 0 Å². The fourth-order valence-electron chi connectivity index (χ4n) is 2.40. The maximum atomic E-state index is 10.0. The van der Waals surface area contributed by atoms with Crippen molar-refractivity contribution in [2.24, 2.45) is 0 Å². The Morgan fingerprint density at radius 2 is 2.17 bits per heavy atom. The quantitative estimate of drug-likeness (QED) is 0.822. The number of hydrogen-bond donors (Lipinski definition) is 2. The lowest BCUT2D eigenvalue weighted by Crippen LogP contribution is -2.28. The summed E-state index contributed by atoms with van der Waals surface area (Å²) in [6, 6.07) is 1.77. The van der Waals surface area contributed by atoms with Crippen LogP contribution in [0, 0.1) is 6.92 Å². The molecule has 3 N–H and O–H groups in total. The smallest absolute Gasteiger partial charge is 0.144 e. The molecule has 5 nitrogen and oxygen atoms in total. The lowest BCUT2D eigenvalue weighted by Gasteiger charge is -2.22. The summed E-state index contributed by atoms with van der Waals surface area (Å²) in [6.07, 6.45) is 2.67. The van der Waals surface area contributed by atoms with Crippen molar-refractivity contribution in [2.75, 3.05) is 18.8 Å². The molecule has 1 aliphatic heterocycles. The molecule has 1 aromatic heterocycles. The fourth-order valence-corrected chi connectivity index (χ4v) is 2.40. The van der Waals surface area contributed by atoms with Crippen LogP contribution in [-0.4, -0.2) is 38.7 Å². The van der Waals surface area contributed by atoms with Gasteiger partial charge in [0.15, 0.2) is 0 Å². The molecule has 0 aromatic carbocycles. The van der Waals surface area contributed by atoms with Crippen molar-refractivity contribution >= 4 is 5.82 Å². The molecule has 18 heavy (non-hydrogen) atoms. The Morgan fingerprint density at radius 3 is 2.89 bits per heavy atom. The first-order valence-corrected chi connectivity index (χ1v) is 6.49. The van der Waals surface area contributed by atoms with Gasteiger partial charge < -0.3 is 10.8 Å². The largest absolute Gasteiger partial charge is 0.390 e. The molecular weight excluding hydrogens is 228 g/mol. The molecule has 2 rings (SSSR count). The second-order valence-electron chi connectivity index (χ2n) is 5.48. The van der Waals surface area contributed by atoms with Crippen LogP contribution in [0.2, 0.25) is 0 Å². The monoisotopic (exact) mass is 250 g/mol. The highest BCUT2D eigenvalue weighted by molar-refractivity contribution is 5.29.